The maximum atomic E-state index is 12.7. The quantitative estimate of drug-likeness (QED) is 0.791. The van der Waals surface area contributed by atoms with Crippen LogP contribution in [0.5, 0.6) is 0 Å². The van der Waals surface area contributed by atoms with E-state index in [-0.39, 0.29) is 5.91 Å². The van der Waals surface area contributed by atoms with Crippen molar-refractivity contribution in [3.8, 4) is 0 Å². The van der Waals surface area contributed by atoms with Crippen molar-refractivity contribution < 1.29 is 9.53 Å². The number of carbonyl (C=O) groups is 1. The highest BCUT2D eigenvalue weighted by molar-refractivity contribution is 5.94. The van der Waals surface area contributed by atoms with E-state index in [0.717, 1.165) is 43.9 Å². The maximum Gasteiger partial charge on any atom is 0.255 e. The van der Waals surface area contributed by atoms with Gasteiger partial charge in [0, 0.05) is 58.8 Å². The second-order valence-electron chi connectivity index (χ2n) is 7.00. The van der Waals surface area contributed by atoms with Crippen molar-refractivity contribution in [1.29, 1.82) is 0 Å². The Kier molecular flexibility index (Phi) is 5.88. The van der Waals surface area contributed by atoms with Crippen LogP contribution in [0.25, 0.3) is 0 Å². The number of ether oxygens (including phenoxy) is 1. The van der Waals surface area contributed by atoms with Crippen molar-refractivity contribution in [3.63, 3.8) is 0 Å². The summed E-state index contributed by atoms with van der Waals surface area (Å²) in [5, 5.41) is 4.18. The standard InChI is InChI=1S/C19H27N5O2/c1-22(11-16-9-21-23(2)12-16)18-7-6-17(10-20-18)19(25)24-8-4-5-15(13-24)14-26-3/h6-7,9-10,12,15H,4-5,8,11,13-14H2,1-3H3. The van der Waals surface area contributed by atoms with Crippen LogP contribution in [0.2, 0.25) is 0 Å². The van der Waals surface area contributed by atoms with Gasteiger partial charge in [0.2, 0.25) is 0 Å². The third-order valence-electron chi connectivity index (χ3n) is 4.77. The van der Waals surface area contributed by atoms with E-state index in [2.05, 4.69) is 10.1 Å². The third-order valence-corrected chi connectivity index (χ3v) is 4.77. The van der Waals surface area contributed by atoms with Crippen LogP contribution in [-0.4, -0.2) is 59.4 Å². The molecule has 1 saturated heterocycles. The van der Waals surface area contributed by atoms with Gasteiger partial charge >= 0.3 is 0 Å². The molecule has 1 aliphatic heterocycles. The molecule has 3 heterocycles. The number of nitrogens with zero attached hydrogens (tertiary/aromatic N) is 5. The van der Waals surface area contributed by atoms with E-state index >= 15 is 0 Å². The lowest BCUT2D eigenvalue weighted by Gasteiger charge is -2.32. The van der Waals surface area contributed by atoms with Crippen molar-refractivity contribution in [2.45, 2.75) is 19.4 Å². The van der Waals surface area contributed by atoms with Crippen LogP contribution in [0, 0.1) is 5.92 Å². The van der Waals surface area contributed by atoms with E-state index in [1.54, 1.807) is 18.0 Å². The smallest absolute Gasteiger partial charge is 0.255 e. The molecule has 1 aliphatic rings. The van der Waals surface area contributed by atoms with Crippen molar-refractivity contribution >= 4 is 11.7 Å². The predicted octanol–water partition coefficient (Wildman–Crippen LogP) is 1.95. The van der Waals surface area contributed by atoms with Gasteiger partial charge in [-0.05, 0) is 30.9 Å². The topological polar surface area (TPSA) is 63.5 Å². The summed E-state index contributed by atoms with van der Waals surface area (Å²) >= 11 is 0. The van der Waals surface area contributed by atoms with E-state index < -0.39 is 0 Å². The summed E-state index contributed by atoms with van der Waals surface area (Å²) in [6.45, 7) is 3.00. The average molecular weight is 357 g/mol. The first-order valence-electron chi connectivity index (χ1n) is 8.99. The number of carbonyl (C=O) groups excluding carboxylic acids is 1. The van der Waals surface area contributed by atoms with Crippen LogP contribution in [-0.2, 0) is 18.3 Å². The number of hydrogen-bond acceptors (Lipinski definition) is 5. The van der Waals surface area contributed by atoms with Crippen molar-refractivity contribution in [3.05, 3.63) is 41.9 Å². The number of anilines is 1. The zero-order valence-electron chi connectivity index (χ0n) is 15.8. The molecule has 0 aliphatic carbocycles. The summed E-state index contributed by atoms with van der Waals surface area (Å²) in [5.41, 5.74) is 1.76. The monoisotopic (exact) mass is 357 g/mol. The SMILES string of the molecule is COCC1CCCN(C(=O)c2ccc(N(C)Cc3cnn(C)c3)nc2)C1. The Morgan fingerprint density at radius 3 is 2.88 bits per heavy atom. The van der Waals surface area contributed by atoms with Gasteiger partial charge < -0.3 is 14.5 Å². The van der Waals surface area contributed by atoms with E-state index in [1.165, 1.54) is 0 Å². The molecule has 140 valence electrons. The number of aryl methyl sites for hydroxylation is 1. The molecule has 0 aromatic carbocycles. The molecule has 0 radical (unpaired) electrons. The van der Waals surface area contributed by atoms with Gasteiger partial charge in [0.25, 0.3) is 5.91 Å². The summed E-state index contributed by atoms with van der Waals surface area (Å²) in [6.07, 6.45) is 7.66. The number of amides is 1. The highest BCUT2D eigenvalue weighted by Gasteiger charge is 2.24. The number of hydrogen-bond donors (Lipinski definition) is 0. The molecule has 1 unspecified atom stereocenters. The van der Waals surface area contributed by atoms with Gasteiger partial charge in [-0.15, -0.1) is 0 Å². The van der Waals surface area contributed by atoms with Crippen LogP contribution in [0.15, 0.2) is 30.7 Å². The molecular weight excluding hydrogens is 330 g/mol. The Labute approximate surface area is 154 Å². The minimum Gasteiger partial charge on any atom is -0.384 e. The third kappa shape index (κ3) is 4.40. The van der Waals surface area contributed by atoms with Crippen molar-refractivity contribution in [2.75, 3.05) is 38.8 Å². The largest absolute Gasteiger partial charge is 0.384 e. The molecule has 1 fully saturated rings. The van der Waals surface area contributed by atoms with Crippen LogP contribution in [0.3, 0.4) is 0 Å². The second kappa shape index (κ2) is 8.31. The zero-order chi connectivity index (χ0) is 18.5. The molecule has 3 rings (SSSR count). The summed E-state index contributed by atoms with van der Waals surface area (Å²) < 4.78 is 7.03. The van der Waals surface area contributed by atoms with Crippen LogP contribution in [0.4, 0.5) is 5.82 Å². The molecule has 7 heteroatoms. The van der Waals surface area contributed by atoms with Crippen molar-refractivity contribution in [1.82, 2.24) is 19.7 Å². The van der Waals surface area contributed by atoms with Gasteiger partial charge in [-0.2, -0.15) is 5.10 Å². The van der Waals surface area contributed by atoms with E-state index in [1.807, 2.05) is 48.4 Å². The number of methoxy groups -OCH3 is 1. The van der Waals surface area contributed by atoms with E-state index in [4.69, 9.17) is 4.74 Å². The lowest BCUT2D eigenvalue weighted by molar-refractivity contribution is 0.0570. The van der Waals surface area contributed by atoms with Gasteiger partial charge in [0.15, 0.2) is 0 Å². The minimum atomic E-state index is 0.0553. The van der Waals surface area contributed by atoms with Gasteiger partial charge in [-0.1, -0.05) is 0 Å². The summed E-state index contributed by atoms with van der Waals surface area (Å²) in [6, 6.07) is 3.77. The molecule has 0 bridgehead atoms. The first-order valence-corrected chi connectivity index (χ1v) is 8.99. The fourth-order valence-electron chi connectivity index (χ4n) is 3.45. The summed E-state index contributed by atoms with van der Waals surface area (Å²) in [4.78, 5) is 21.2. The number of rotatable bonds is 6. The van der Waals surface area contributed by atoms with Crippen LogP contribution >= 0.6 is 0 Å². The number of likely N-dealkylation sites (tertiary alicyclic amines) is 1. The Bertz CT molecular complexity index is 726. The number of aromatic nitrogens is 3. The van der Waals surface area contributed by atoms with Gasteiger partial charge in [-0.3, -0.25) is 9.48 Å². The van der Waals surface area contributed by atoms with Crippen molar-refractivity contribution in [2.24, 2.45) is 13.0 Å². The minimum absolute atomic E-state index is 0.0553. The van der Waals surface area contributed by atoms with Crippen LogP contribution in [0.1, 0.15) is 28.8 Å². The van der Waals surface area contributed by atoms with Crippen LogP contribution < -0.4 is 4.90 Å². The maximum absolute atomic E-state index is 12.7. The molecule has 1 atom stereocenters. The fourth-order valence-corrected chi connectivity index (χ4v) is 3.45. The molecule has 26 heavy (non-hydrogen) atoms. The molecule has 2 aromatic heterocycles. The van der Waals surface area contributed by atoms with Gasteiger partial charge in [-0.25, -0.2) is 4.98 Å². The van der Waals surface area contributed by atoms with E-state index in [0.29, 0.717) is 18.1 Å². The Morgan fingerprint density at radius 1 is 1.38 bits per heavy atom. The molecule has 7 nitrogen and oxygen atoms in total. The second-order valence-corrected chi connectivity index (χ2v) is 7.00. The Balaban J connectivity index is 1.62. The molecule has 0 saturated carbocycles. The summed E-state index contributed by atoms with van der Waals surface area (Å²) in [7, 11) is 5.60. The number of piperidine rings is 1. The predicted molar refractivity (Wildman–Crippen MR) is 100 cm³/mol. The molecule has 0 N–H and O–H groups in total. The lowest BCUT2D eigenvalue weighted by Crippen LogP contribution is -2.41. The Morgan fingerprint density at radius 2 is 2.23 bits per heavy atom. The molecule has 1 amide bonds. The summed E-state index contributed by atoms with van der Waals surface area (Å²) in [5.74, 6) is 1.32. The molecule has 0 spiro atoms. The van der Waals surface area contributed by atoms with Gasteiger partial charge in [0.1, 0.15) is 5.82 Å². The highest BCUT2D eigenvalue weighted by atomic mass is 16.5. The lowest BCUT2D eigenvalue weighted by atomic mass is 9.98. The van der Waals surface area contributed by atoms with Gasteiger partial charge in [0.05, 0.1) is 18.4 Å². The Hall–Kier alpha value is -2.41. The fraction of sp³-hybridized carbons (Fsp3) is 0.526. The normalized spacial score (nSPS) is 17.3. The highest BCUT2D eigenvalue weighted by Crippen LogP contribution is 2.20. The first kappa shape index (κ1) is 18.4. The zero-order valence-corrected chi connectivity index (χ0v) is 15.8. The molecule has 2 aromatic rings. The average Bonchev–Trinajstić information content (AvgIpc) is 3.06. The first-order chi connectivity index (χ1) is 12.6. The van der Waals surface area contributed by atoms with E-state index in [9.17, 15) is 4.79 Å². The number of pyridine rings is 1. The molecular formula is C19H27N5O2.